The van der Waals surface area contributed by atoms with Crippen molar-refractivity contribution in [1.29, 1.82) is 0 Å². The molecule has 0 spiro atoms. The van der Waals surface area contributed by atoms with Crippen molar-refractivity contribution in [3.05, 3.63) is 95.0 Å². The van der Waals surface area contributed by atoms with Crippen molar-refractivity contribution < 1.29 is 4.79 Å². The second-order valence-electron chi connectivity index (χ2n) is 8.58. The predicted molar refractivity (Wildman–Crippen MR) is 138 cm³/mol. The van der Waals surface area contributed by atoms with Crippen molar-refractivity contribution in [2.75, 3.05) is 56.6 Å². The Balaban J connectivity index is 1.47. The molecule has 1 fully saturated rings. The molecular weight excluding hydrogens is 432 g/mol. The number of carbonyl (C=O) groups is 1. The molecule has 1 aliphatic rings. The Kier molecular flexibility index (Phi) is 7.53. The Bertz CT molecular complexity index is 1030. The molecule has 6 heteroatoms. The first kappa shape index (κ1) is 23.1. The molecule has 0 aromatic heterocycles. The molecule has 1 aliphatic heterocycles. The maximum Gasteiger partial charge on any atom is 0.251 e. The third-order valence-corrected chi connectivity index (χ3v) is 6.48. The Labute approximate surface area is 201 Å². The van der Waals surface area contributed by atoms with Crippen LogP contribution in [0.15, 0.2) is 78.9 Å². The van der Waals surface area contributed by atoms with E-state index in [2.05, 4.69) is 74.6 Å². The normalized spacial score (nSPS) is 15.2. The molecule has 1 saturated heterocycles. The average Bonchev–Trinajstić information content (AvgIpc) is 2.85. The molecule has 3 aromatic carbocycles. The molecule has 3 aromatic rings. The SMILES string of the molecule is CN(C)c1ccc([C@@H](CNC(=O)c2ccc(Cl)cc2)N2CCN(c3ccccc3)CC2)cc1. The van der Waals surface area contributed by atoms with Crippen LogP contribution in [-0.4, -0.2) is 57.6 Å². The van der Waals surface area contributed by atoms with Gasteiger partial charge in [-0.3, -0.25) is 9.69 Å². The van der Waals surface area contributed by atoms with Gasteiger partial charge in [0, 0.05) is 68.8 Å². The minimum Gasteiger partial charge on any atom is -0.378 e. The molecule has 1 atom stereocenters. The second kappa shape index (κ2) is 10.7. The monoisotopic (exact) mass is 462 g/mol. The van der Waals surface area contributed by atoms with Crippen LogP contribution in [0.2, 0.25) is 5.02 Å². The van der Waals surface area contributed by atoms with Crippen LogP contribution in [0.4, 0.5) is 11.4 Å². The van der Waals surface area contributed by atoms with E-state index in [1.54, 1.807) is 24.3 Å². The van der Waals surface area contributed by atoms with Gasteiger partial charge in [0.1, 0.15) is 0 Å². The first-order valence-corrected chi connectivity index (χ1v) is 11.7. The summed E-state index contributed by atoms with van der Waals surface area (Å²) in [6.45, 7) is 4.34. The van der Waals surface area contributed by atoms with Crippen LogP contribution in [-0.2, 0) is 0 Å². The van der Waals surface area contributed by atoms with Gasteiger partial charge in [0.15, 0.2) is 0 Å². The highest BCUT2D eigenvalue weighted by molar-refractivity contribution is 6.30. The van der Waals surface area contributed by atoms with Crippen LogP contribution in [0, 0.1) is 0 Å². The molecule has 1 heterocycles. The van der Waals surface area contributed by atoms with E-state index in [9.17, 15) is 4.79 Å². The van der Waals surface area contributed by atoms with Crippen molar-refractivity contribution in [2.45, 2.75) is 6.04 Å². The highest BCUT2D eigenvalue weighted by Gasteiger charge is 2.26. The number of benzene rings is 3. The predicted octanol–water partition coefficient (Wildman–Crippen LogP) is 4.70. The summed E-state index contributed by atoms with van der Waals surface area (Å²) in [5, 5.41) is 3.77. The Hall–Kier alpha value is -3.02. The van der Waals surface area contributed by atoms with E-state index in [1.807, 2.05) is 14.1 Å². The number of para-hydroxylation sites is 1. The van der Waals surface area contributed by atoms with E-state index in [0.717, 1.165) is 31.9 Å². The fourth-order valence-corrected chi connectivity index (χ4v) is 4.40. The van der Waals surface area contributed by atoms with Gasteiger partial charge in [-0.25, -0.2) is 0 Å². The number of halogens is 1. The fourth-order valence-electron chi connectivity index (χ4n) is 4.28. The van der Waals surface area contributed by atoms with Gasteiger partial charge >= 0.3 is 0 Å². The first-order valence-electron chi connectivity index (χ1n) is 11.4. The van der Waals surface area contributed by atoms with E-state index in [1.165, 1.54) is 11.3 Å². The highest BCUT2D eigenvalue weighted by atomic mass is 35.5. The quantitative estimate of drug-likeness (QED) is 0.552. The molecule has 0 radical (unpaired) electrons. The topological polar surface area (TPSA) is 38.8 Å². The smallest absolute Gasteiger partial charge is 0.251 e. The second-order valence-corrected chi connectivity index (χ2v) is 9.01. The number of piperazine rings is 1. The van der Waals surface area contributed by atoms with E-state index in [4.69, 9.17) is 11.6 Å². The van der Waals surface area contributed by atoms with Crippen molar-refractivity contribution in [2.24, 2.45) is 0 Å². The summed E-state index contributed by atoms with van der Waals surface area (Å²) in [4.78, 5) is 19.8. The summed E-state index contributed by atoms with van der Waals surface area (Å²) >= 11 is 5.97. The molecule has 1 N–H and O–H groups in total. The van der Waals surface area contributed by atoms with Crippen molar-refractivity contribution >= 4 is 28.9 Å². The highest BCUT2D eigenvalue weighted by Crippen LogP contribution is 2.26. The molecule has 0 saturated carbocycles. The zero-order chi connectivity index (χ0) is 23.2. The van der Waals surface area contributed by atoms with Crippen molar-refractivity contribution in [3.8, 4) is 0 Å². The number of rotatable bonds is 7. The van der Waals surface area contributed by atoms with Crippen LogP contribution in [0.25, 0.3) is 0 Å². The maximum absolute atomic E-state index is 12.8. The van der Waals surface area contributed by atoms with Gasteiger partial charge in [0.05, 0.1) is 6.04 Å². The summed E-state index contributed by atoms with van der Waals surface area (Å²) in [6, 6.07) is 26.3. The summed E-state index contributed by atoms with van der Waals surface area (Å²) in [5.41, 5.74) is 4.26. The van der Waals surface area contributed by atoms with Gasteiger partial charge < -0.3 is 15.1 Å². The molecular formula is C27H31ClN4O. The van der Waals surface area contributed by atoms with Gasteiger partial charge in [-0.1, -0.05) is 41.9 Å². The van der Waals surface area contributed by atoms with Gasteiger partial charge in [0.25, 0.3) is 5.91 Å². The van der Waals surface area contributed by atoms with Gasteiger partial charge in [-0.05, 0) is 54.1 Å². The molecule has 0 bridgehead atoms. The van der Waals surface area contributed by atoms with Crippen molar-refractivity contribution in [3.63, 3.8) is 0 Å². The van der Waals surface area contributed by atoms with Gasteiger partial charge in [-0.2, -0.15) is 0 Å². The lowest BCUT2D eigenvalue weighted by Gasteiger charge is -2.40. The van der Waals surface area contributed by atoms with Gasteiger partial charge in [-0.15, -0.1) is 0 Å². The average molecular weight is 463 g/mol. The van der Waals surface area contributed by atoms with Crippen molar-refractivity contribution in [1.82, 2.24) is 10.2 Å². The van der Waals surface area contributed by atoms with E-state index < -0.39 is 0 Å². The summed E-state index contributed by atoms with van der Waals surface area (Å²) < 4.78 is 0. The molecule has 0 unspecified atom stereocenters. The lowest BCUT2D eigenvalue weighted by atomic mass is 10.0. The number of amides is 1. The Morgan fingerprint density at radius 3 is 2.15 bits per heavy atom. The summed E-state index contributed by atoms with van der Waals surface area (Å²) in [7, 11) is 4.09. The van der Waals surface area contributed by atoms with E-state index in [0.29, 0.717) is 17.1 Å². The molecule has 1 amide bonds. The zero-order valence-corrected chi connectivity index (χ0v) is 20.0. The van der Waals surface area contributed by atoms with E-state index >= 15 is 0 Å². The Morgan fingerprint density at radius 1 is 0.909 bits per heavy atom. The standard InChI is InChI=1S/C27H31ClN4O/c1-30(2)24-14-10-21(11-15-24)26(20-29-27(33)22-8-12-23(28)13-9-22)32-18-16-31(17-19-32)25-6-4-3-5-7-25/h3-15,26H,16-20H2,1-2H3,(H,29,33)/t26-/m1/s1. The fraction of sp³-hybridized carbons (Fsp3) is 0.296. The number of hydrogen-bond donors (Lipinski definition) is 1. The third kappa shape index (κ3) is 5.86. The lowest BCUT2D eigenvalue weighted by Crippen LogP contribution is -2.50. The molecule has 5 nitrogen and oxygen atoms in total. The van der Waals surface area contributed by atoms with Crippen LogP contribution in [0.3, 0.4) is 0 Å². The largest absolute Gasteiger partial charge is 0.378 e. The van der Waals surface area contributed by atoms with Crippen LogP contribution < -0.4 is 15.1 Å². The summed E-state index contributed by atoms with van der Waals surface area (Å²) in [6.07, 6.45) is 0. The first-order chi connectivity index (χ1) is 16.0. The Morgan fingerprint density at radius 2 is 1.55 bits per heavy atom. The van der Waals surface area contributed by atoms with Gasteiger partial charge in [0.2, 0.25) is 0 Å². The number of nitrogens with one attached hydrogen (secondary N) is 1. The molecule has 0 aliphatic carbocycles. The van der Waals surface area contributed by atoms with E-state index in [-0.39, 0.29) is 11.9 Å². The minimum atomic E-state index is -0.0792. The van der Waals surface area contributed by atoms with Crippen LogP contribution in [0.1, 0.15) is 22.0 Å². The number of hydrogen-bond acceptors (Lipinski definition) is 4. The van der Waals surface area contributed by atoms with Crippen LogP contribution in [0.5, 0.6) is 0 Å². The summed E-state index contributed by atoms with van der Waals surface area (Å²) in [5.74, 6) is -0.0792. The molecule has 33 heavy (non-hydrogen) atoms. The number of carbonyl (C=O) groups excluding carboxylic acids is 1. The number of anilines is 2. The minimum absolute atomic E-state index is 0.0792. The third-order valence-electron chi connectivity index (χ3n) is 6.23. The zero-order valence-electron chi connectivity index (χ0n) is 19.2. The molecule has 4 rings (SSSR count). The van der Waals surface area contributed by atoms with Crippen LogP contribution >= 0.6 is 11.6 Å². The maximum atomic E-state index is 12.8. The lowest BCUT2D eigenvalue weighted by molar-refractivity contribution is 0.0930. The number of nitrogens with zero attached hydrogens (tertiary/aromatic N) is 3. The molecule has 172 valence electrons.